The van der Waals surface area contributed by atoms with Gasteiger partial charge in [-0.15, -0.1) is 0 Å². The fraction of sp³-hybridized carbons (Fsp3) is 0.750. The molecule has 0 aliphatic rings. The molecule has 0 bridgehead atoms. The van der Waals surface area contributed by atoms with E-state index < -0.39 is 0 Å². The molecule has 0 spiro atoms. The molecule has 0 saturated carbocycles. The Bertz CT molecular complexity index is 84.2. The van der Waals surface area contributed by atoms with Crippen LogP contribution in [-0.4, -0.2) is 17.9 Å². The molecular formula is C4H8BBrO. The van der Waals surface area contributed by atoms with E-state index in [-0.39, 0.29) is 10.0 Å². The molecular weight excluding hydrogens is 155 g/mol. The van der Waals surface area contributed by atoms with E-state index in [9.17, 15) is 4.79 Å². The van der Waals surface area contributed by atoms with Gasteiger partial charge in [0.2, 0.25) is 0 Å². The lowest BCUT2D eigenvalue weighted by atomic mass is 9.92. The summed E-state index contributed by atoms with van der Waals surface area (Å²) in [5, 5.41) is 0. The molecule has 0 heterocycles. The maximum atomic E-state index is 10.4. The second-order valence-electron chi connectivity index (χ2n) is 2.03. The van der Waals surface area contributed by atoms with Crippen LogP contribution in [0.3, 0.4) is 0 Å². The summed E-state index contributed by atoms with van der Waals surface area (Å²) in [7, 11) is 1.56. The van der Waals surface area contributed by atoms with Crippen LogP contribution < -0.4 is 0 Å². The molecule has 0 aromatic rings. The van der Waals surface area contributed by atoms with Gasteiger partial charge in [-0.3, -0.25) is 0 Å². The van der Waals surface area contributed by atoms with Crippen LogP contribution in [0.2, 0.25) is 0 Å². The summed E-state index contributed by atoms with van der Waals surface area (Å²) < 4.78 is -0.326. The van der Waals surface area contributed by atoms with Gasteiger partial charge in [0.05, 0.1) is 10.0 Å². The Morgan fingerprint density at radius 3 is 1.86 bits per heavy atom. The maximum Gasteiger partial charge on any atom is 0.189 e. The average Bonchev–Trinajstić information content (AvgIpc) is 1.31. The summed E-state index contributed by atoms with van der Waals surface area (Å²) in [6.07, 6.45) is 0. The lowest BCUT2D eigenvalue weighted by molar-refractivity contribution is -0.112. The maximum absolute atomic E-state index is 10.4. The normalized spacial score (nSPS) is 11.3. The zero-order chi connectivity index (χ0) is 6.08. The van der Waals surface area contributed by atoms with Crippen LogP contribution in [0, 0.1) is 0 Å². The number of carbonyl (C=O) groups excluding carboxylic acids is 1. The van der Waals surface area contributed by atoms with Gasteiger partial charge in [-0.05, 0) is 13.8 Å². The highest BCUT2D eigenvalue weighted by Crippen LogP contribution is 2.14. The molecule has 0 aromatic heterocycles. The smallest absolute Gasteiger partial charge is 0.189 e. The molecule has 0 aliphatic heterocycles. The van der Waals surface area contributed by atoms with Gasteiger partial charge in [0.15, 0.2) is 7.85 Å². The summed E-state index contributed by atoms with van der Waals surface area (Å²) in [6.45, 7) is 3.66. The zero-order valence-electron chi connectivity index (χ0n) is 4.79. The molecule has 3 heteroatoms. The van der Waals surface area contributed by atoms with Crippen molar-refractivity contribution in [1.29, 1.82) is 0 Å². The van der Waals surface area contributed by atoms with Crippen molar-refractivity contribution in [1.82, 2.24) is 0 Å². The van der Waals surface area contributed by atoms with Crippen LogP contribution in [-0.2, 0) is 4.79 Å². The summed E-state index contributed by atoms with van der Waals surface area (Å²) >= 11 is 3.19. The molecule has 0 aliphatic carbocycles. The monoisotopic (exact) mass is 162 g/mol. The van der Waals surface area contributed by atoms with E-state index in [1.54, 1.807) is 7.85 Å². The van der Waals surface area contributed by atoms with Crippen molar-refractivity contribution < 1.29 is 4.79 Å². The summed E-state index contributed by atoms with van der Waals surface area (Å²) in [5.74, 6) is 0. The predicted molar refractivity (Wildman–Crippen MR) is 36.6 cm³/mol. The van der Waals surface area contributed by atoms with Crippen molar-refractivity contribution in [3.05, 3.63) is 0 Å². The topological polar surface area (TPSA) is 17.1 Å². The molecule has 40 valence electrons. The third-order valence-electron chi connectivity index (χ3n) is 0.837. The standard InChI is InChI=1S/C4H8BBrO/c1-4(2,6)3(5)7/h5H2,1-2H3. The van der Waals surface area contributed by atoms with E-state index in [4.69, 9.17) is 0 Å². The highest BCUT2D eigenvalue weighted by Gasteiger charge is 2.16. The summed E-state index contributed by atoms with van der Waals surface area (Å²) in [4.78, 5) is 10.4. The number of rotatable bonds is 1. The Balaban J connectivity index is 3.79. The molecule has 0 amide bonds. The Kier molecular flexibility index (Phi) is 2.05. The van der Waals surface area contributed by atoms with Gasteiger partial charge in [0.25, 0.3) is 0 Å². The van der Waals surface area contributed by atoms with Gasteiger partial charge in [-0.1, -0.05) is 15.9 Å². The van der Waals surface area contributed by atoms with Gasteiger partial charge in [0, 0.05) is 0 Å². The van der Waals surface area contributed by atoms with E-state index in [0.29, 0.717) is 0 Å². The van der Waals surface area contributed by atoms with Crippen molar-refractivity contribution in [3.63, 3.8) is 0 Å². The quantitative estimate of drug-likeness (QED) is 0.401. The lowest BCUT2D eigenvalue weighted by Crippen LogP contribution is -2.23. The molecule has 0 radical (unpaired) electrons. The first-order valence-electron chi connectivity index (χ1n) is 2.14. The minimum Gasteiger partial charge on any atom is -0.310 e. The number of hydrogen-bond acceptors (Lipinski definition) is 1. The van der Waals surface area contributed by atoms with Crippen molar-refractivity contribution in [3.8, 4) is 0 Å². The van der Waals surface area contributed by atoms with Gasteiger partial charge in [-0.2, -0.15) is 0 Å². The van der Waals surface area contributed by atoms with Crippen molar-refractivity contribution in [2.45, 2.75) is 18.2 Å². The van der Waals surface area contributed by atoms with Crippen LogP contribution in [0.5, 0.6) is 0 Å². The minimum absolute atomic E-state index is 0.160. The van der Waals surface area contributed by atoms with E-state index >= 15 is 0 Å². The lowest BCUT2D eigenvalue weighted by Gasteiger charge is -2.09. The van der Waals surface area contributed by atoms with Crippen molar-refractivity contribution >= 4 is 29.5 Å². The molecule has 0 aromatic carbocycles. The molecule has 0 N–H and O–H groups in total. The average molecular weight is 163 g/mol. The first-order chi connectivity index (χ1) is 2.94. The predicted octanol–water partition coefficient (Wildman–Crippen LogP) is 0.320. The second-order valence-corrected chi connectivity index (χ2v) is 4.01. The van der Waals surface area contributed by atoms with Crippen molar-refractivity contribution in [2.24, 2.45) is 0 Å². The molecule has 7 heavy (non-hydrogen) atoms. The first-order valence-corrected chi connectivity index (χ1v) is 2.94. The molecule has 0 atom stereocenters. The van der Waals surface area contributed by atoms with Gasteiger partial charge < -0.3 is 4.79 Å². The summed E-state index contributed by atoms with van der Waals surface area (Å²) in [6, 6.07) is 0. The Morgan fingerprint density at radius 1 is 1.71 bits per heavy atom. The van der Waals surface area contributed by atoms with Crippen LogP contribution in [0.15, 0.2) is 0 Å². The zero-order valence-corrected chi connectivity index (χ0v) is 6.37. The van der Waals surface area contributed by atoms with E-state index in [0.717, 1.165) is 0 Å². The largest absolute Gasteiger partial charge is 0.310 e. The van der Waals surface area contributed by atoms with E-state index in [1.807, 2.05) is 13.8 Å². The minimum atomic E-state index is -0.326. The second kappa shape index (κ2) is 1.99. The number of carbonyl (C=O) groups is 1. The van der Waals surface area contributed by atoms with E-state index in [1.165, 1.54) is 0 Å². The van der Waals surface area contributed by atoms with Gasteiger partial charge in [-0.25, -0.2) is 0 Å². The molecule has 0 unspecified atom stereocenters. The molecule has 0 fully saturated rings. The molecule has 1 nitrogen and oxygen atoms in total. The highest BCUT2D eigenvalue weighted by molar-refractivity contribution is 9.10. The summed E-state index contributed by atoms with van der Waals surface area (Å²) in [5.41, 5.74) is 0.160. The molecule has 0 saturated heterocycles. The van der Waals surface area contributed by atoms with E-state index in [2.05, 4.69) is 15.9 Å². The van der Waals surface area contributed by atoms with Crippen LogP contribution in [0.1, 0.15) is 13.8 Å². The van der Waals surface area contributed by atoms with Gasteiger partial charge in [0.1, 0.15) is 0 Å². The fourth-order valence-electron chi connectivity index (χ4n) is 0. The van der Waals surface area contributed by atoms with Crippen molar-refractivity contribution in [2.75, 3.05) is 0 Å². The highest BCUT2D eigenvalue weighted by atomic mass is 79.9. The Hall–Kier alpha value is 0.215. The van der Waals surface area contributed by atoms with Gasteiger partial charge >= 0.3 is 0 Å². The first kappa shape index (κ1) is 7.21. The number of alkyl halides is 1. The third kappa shape index (κ3) is 2.86. The third-order valence-corrected chi connectivity index (χ3v) is 1.40. The fourth-order valence-corrected chi connectivity index (χ4v) is 0. The number of hydrogen-bond donors (Lipinski definition) is 0. The molecule has 0 rings (SSSR count). The SMILES string of the molecule is BC(=O)C(C)(C)Br. The van der Waals surface area contributed by atoms with Crippen LogP contribution >= 0.6 is 15.9 Å². The number of halogens is 1. The Labute approximate surface area is 53.0 Å². The van der Waals surface area contributed by atoms with Crippen LogP contribution in [0.25, 0.3) is 0 Å². The Morgan fingerprint density at radius 2 is 1.86 bits per heavy atom. The van der Waals surface area contributed by atoms with Crippen LogP contribution in [0.4, 0.5) is 0 Å².